The summed E-state index contributed by atoms with van der Waals surface area (Å²) in [5.74, 6) is 2.63. The van der Waals surface area contributed by atoms with Crippen LogP contribution in [0.2, 0.25) is 0 Å². The van der Waals surface area contributed by atoms with Crippen LogP contribution in [0.3, 0.4) is 0 Å². The average Bonchev–Trinajstić information content (AvgIpc) is 2.62. The molecule has 3 rings (SSSR count). The summed E-state index contributed by atoms with van der Waals surface area (Å²) in [5, 5.41) is 15.4. The Morgan fingerprint density at radius 3 is 2.48 bits per heavy atom. The van der Waals surface area contributed by atoms with E-state index in [1.165, 1.54) is 11.8 Å². The zero-order valence-corrected chi connectivity index (χ0v) is 15.8. The van der Waals surface area contributed by atoms with Gasteiger partial charge >= 0.3 is 5.69 Å². The molecule has 2 fully saturated rings. The van der Waals surface area contributed by atoms with Crippen LogP contribution in [0.25, 0.3) is 0 Å². The molecule has 138 valence electrons. The lowest BCUT2D eigenvalue weighted by Gasteiger charge is -2.30. The third kappa shape index (κ3) is 4.21. The van der Waals surface area contributed by atoms with Crippen molar-refractivity contribution in [2.24, 2.45) is 0 Å². The summed E-state index contributed by atoms with van der Waals surface area (Å²) in [6.45, 7) is 6.21. The Labute approximate surface area is 153 Å². The first kappa shape index (κ1) is 18.3. The van der Waals surface area contributed by atoms with Crippen molar-refractivity contribution in [1.82, 2.24) is 15.3 Å². The topological polar surface area (TPSA) is 104 Å². The van der Waals surface area contributed by atoms with Gasteiger partial charge in [-0.1, -0.05) is 18.7 Å². The molecule has 0 atom stereocenters. The molecule has 0 spiro atoms. The quantitative estimate of drug-likeness (QED) is 0.335. The van der Waals surface area contributed by atoms with Crippen LogP contribution < -0.4 is 15.1 Å². The Hall–Kier alpha value is -1.46. The fraction of sp³-hybridized carbons (Fsp3) is 0.714. The van der Waals surface area contributed by atoms with E-state index in [0.29, 0.717) is 47.1 Å². The van der Waals surface area contributed by atoms with Gasteiger partial charge in [0.15, 0.2) is 5.03 Å². The molecule has 2 saturated heterocycles. The van der Waals surface area contributed by atoms with Gasteiger partial charge in [-0.3, -0.25) is 14.3 Å². The maximum atomic E-state index is 11.7. The van der Waals surface area contributed by atoms with Crippen molar-refractivity contribution in [3.05, 3.63) is 10.1 Å². The highest BCUT2D eigenvalue weighted by atomic mass is 32.2. The van der Waals surface area contributed by atoms with Crippen LogP contribution in [-0.4, -0.2) is 75.6 Å². The van der Waals surface area contributed by atoms with E-state index in [0.717, 1.165) is 26.2 Å². The second kappa shape index (κ2) is 8.28. The fourth-order valence-electron chi connectivity index (χ4n) is 2.89. The highest BCUT2D eigenvalue weighted by Gasteiger charge is 2.31. The molecule has 25 heavy (non-hydrogen) atoms. The molecule has 0 bridgehead atoms. The number of anilines is 2. The summed E-state index contributed by atoms with van der Waals surface area (Å²) in [5.41, 5.74) is -0.0292. The first-order valence-corrected chi connectivity index (χ1v) is 10.8. The molecule has 0 aromatic carbocycles. The van der Waals surface area contributed by atoms with Crippen LogP contribution in [0.5, 0.6) is 0 Å². The number of piperazine rings is 1. The number of nitrogens with zero attached hydrogens (tertiary/aromatic N) is 5. The minimum atomic E-state index is -0.849. The van der Waals surface area contributed by atoms with Gasteiger partial charge < -0.3 is 15.1 Å². The van der Waals surface area contributed by atoms with Gasteiger partial charge in [0.05, 0.1) is 4.92 Å². The second-order valence-electron chi connectivity index (χ2n) is 5.76. The van der Waals surface area contributed by atoms with Crippen molar-refractivity contribution in [3.8, 4) is 0 Å². The van der Waals surface area contributed by atoms with E-state index in [1.807, 2.05) is 11.8 Å². The molecule has 0 amide bonds. The summed E-state index contributed by atoms with van der Waals surface area (Å²) in [4.78, 5) is 24.3. The smallest absolute Gasteiger partial charge is 0.343 e. The molecular formula is C14H22N6O3S2. The van der Waals surface area contributed by atoms with E-state index in [-0.39, 0.29) is 10.6 Å². The Morgan fingerprint density at radius 2 is 1.88 bits per heavy atom. The molecular weight excluding hydrogens is 364 g/mol. The van der Waals surface area contributed by atoms with Crippen LogP contribution in [0.1, 0.15) is 6.92 Å². The number of thioether (sulfide) groups is 1. The fourth-order valence-corrected chi connectivity index (χ4v) is 4.66. The first-order chi connectivity index (χ1) is 12.1. The molecule has 1 aromatic rings. The Bertz CT molecular complexity index is 658. The molecule has 3 heterocycles. The van der Waals surface area contributed by atoms with Crippen molar-refractivity contribution in [3.63, 3.8) is 0 Å². The predicted octanol–water partition coefficient (Wildman–Crippen LogP) is 0.475. The van der Waals surface area contributed by atoms with Gasteiger partial charge in [0.2, 0.25) is 11.8 Å². The van der Waals surface area contributed by atoms with Gasteiger partial charge in [-0.25, -0.2) is 0 Å². The van der Waals surface area contributed by atoms with Gasteiger partial charge in [0.1, 0.15) is 0 Å². The minimum Gasteiger partial charge on any atom is -0.349 e. The molecule has 1 N–H and O–H groups in total. The van der Waals surface area contributed by atoms with E-state index in [2.05, 4.69) is 20.2 Å². The number of nitrogens with one attached hydrogen (secondary N) is 1. The standard InChI is InChI=1S/C14H22N6O3S2/c1-2-24-13-11(20(21)22)12(18-7-9-25(23)10-8-18)16-14(17-13)19-5-3-15-4-6-19/h15H,2-10H2,1H3. The number of aromatic nitrogens is 2. The normalized spacial score (nSPS) is 19.2. The SMILES string of the molecule is CCSc1nc(N2CCNCC2)nc(N2CCS(=O)CC2)c1[N+](=O)[O-]. The largest absolute Gasteiger partial charge is 0.349 e. The summed E-state index contributed by atoms with van der Waals surface area (Å²) in [6.07, 6.45) is 0. The first-order valence-electron chi connectivity index (χ1n) is 8.35. The average molecular weight is 387 g/mol. The zero-order chi connectivity index (χ0) is 17.8. The van der Waals surface area contributed by atoms with E-state index < -0.39 is 10.8 Å². The van der Waals surface area contributed by atoms with E-state index >= 15 is 0 Å². The third-order valence-corrected chi connectivity index (χ3v) is 6.29. The Kier molecular flexibility index (Phi) is 6.07. The van der Waals surface area contributed by atoms with E-state index in [1.54, 1.807) is 0 Å². The lowest BCUT2D eigenvalue weighted by atomic mass is 10.3. The minimum absolute atomic E-state index is 0.0292. The molecule has 2 aliphatic heterocycles. The number of nitro groups is 1. The van der Waals surface area contributed by atoms with Crippen molar-refractivity contribution < 1.29 is 9.13 Å². The highest BCUT2D eigenvalue weighted by Crippen LogP contribution is 2.37. The van der Waals surface area contributed by atoms with Gasteiger partial charge in [-0.05, 0) is 5.75 Å². The lowest BCUT2D eigenvalue weighted by Crippen LogP contribution is -2.45. The van der Waals surface area contributed by atoms with E-state index in [4.69, 9.17) is 0 Å². The van der Waals surface area contributed by atoms with Crippen molar-refractivity contribution in [1.29, 1.82) is 0 Å². The maximum Gasteiger partial charge on any atom is 0.343 e. The molecule has 0 aliphatic carbocycles. The molecule has 0 unspecified atom stereocenters. The number of hydrogen-bond donors (Lipinski definition) is 1. The maximum absolute atomic E-state index is 11.7. The van der Waals surface area contributed by atoms with Gasteiger partial charge in [-0.2, -0.15) is 9.97 Å². The number of hydrogen-bond acceptors (Lipinski definition) is 9. The lowest BCUT2D eigenvalue weighted by molar-refractivity contribution is -0.387. The summed E-state index contributed by atoms with van der Waals surface area (Å²) in [6, 6.07) is 0. The summed E-state index contributed by atoms with van der Waals surface area (Å²) < 4.78 is 11.6. The van der Waals surface area contributed by atoms with Gasteiger partial charge in [-0.15, -0.1) is 0 Å². The third-order valence-electron chi connectivity index (χ3n) is 4.16. The summed E-state index contributed by atoms with van der Waals surface area (Å²) >= 11 is 1.37. The Morgan fingerprint density at radius 1 is 1.20 bits per heavy atom. The van der Waals surface area contributed by atoms with Crippen LogP contribution >= 0.6 is 11.8 Å². The van der Waals surface area contributed by atoms with Crippen LogP contribution in [0, 0.1) is 10.1 Å². The molecule has 1 aromatic heterocycles. The van der Waals surface area contributed by atoms with Crippen LogP contribution in [0.15, 0.2) is 5.03 Å². The molecule has 11 heteroatoms. The van der Waals surface area contributed by atoms with Crippen molar-refractivity contribution in [2.45, 2.75) is 11.9 Å². The van der Waals surface area contributed by atoms with Crippen molar-refractivity contribution >= 4 is 40.0 Å². The monoisotopic (exact) mass is 386 g/mol. The van der Waals surface area contributed by atoms with Gasteiger partial charge in [0.25, 0.3) is 0 Å². The summed E-state index contributed by atoms with van der Waals surface area (Å²) in [7, 11) is -0.849. The van der Waals surface area contributed by atoms with Crippen LogP contribution in [0.4, 0.5) is 17.5 Å². The van der Waals surface area contributed by atoms with E-state index in [9.17, 15) is 14.3 Å². The zero-order valence-electron chi connectivity index (χ0n) is 14.1. The van der Waals surface area contributed by atoms with Crippen LogP contribution in [-0.2, 0) is 10.8 Å². The molecule has 0 saturated carbocycles. The predicted molar refractivity (Wildman–Crippen MR) is 100 cm³/mol. The molecule has 0 radical (unpaired) electrons. The number of rotatable bonds is 5. The Balaban J connectivity index is 2.03. The molecule has 2 aliphatic rings. The highest BCUT2D eigenvalue weighted by molar-refractivity contribution is 7.99. The molecule has 9 nitrogen and oxygen atoms in total. The second-order valence-corrected chi connectivity index (χ2v) is 8.71. The van der Waals surface area contributed by atoms with Gasteiger partial charge in [0, 0.05) is 61.6 Å². The van der Waals surface area contributed by atoms with Crippen molar-refractivity contribution in [2.75, 3.05) is 66.3 Å².